The lowest BCUT2D eigenvalue weighted by molar-refractivity contribution is -0.286. The Kier molecular flexibility index (Phi) is 10.7. The minimum atomic E-state index is -5.43. The second kappa shape index (κ2) is 13.5. The van der Waals surface area contributed by atoms with Crippen LogP contribution in [0.25, 0.3) is 0 Å². The fraction of sp³-hybridized carbons (Fsp3) is 0.318. The third-order valence-corrected chi connectivity index (χ3v) is 5.96. The third-order valence-electron chi connectivity index (χ3n) is 4.49. The molecule has 0 spiro atoms. The van der Waals surface area contributed by atoms with Crippen LogP contribution in [0, 0.1) is 6.92 Å². The average Bonchev–Trinajstić information content (AvgIpc) is 2.84. The summed E-state index contributed by atoms with van der Waals surface area (Å²) in [5.41, 5.74) is 11.2. The average molecular weight is 563 g/mol. The highest BCUT2D eigenvalue weighted by Crippen LogP contribution is 2.19. The number of halogens is 3. The van der Waals surface area contributed by atoms with Gasteiger partial charge in [-0.05, 0) is 53.9 Å². The number of carbonyl (C=O) groups excluding carboxylic acids is 2. The number of hydrogen-bond acceptors (Lipinski definition) is 9. The second-order valence-electron chi connectivity index (χ2n) is 7.66. The summed E-state index contributed by atoms with van der Waals surface area (Å²) in [4.78, 5) is 35.5. The first-order valence-electron chi connectivity index (χ1n) is 10.8. The molecule has 0 heterocycles. The Morgan fingerprint density at radius 3 is 2.34 bits per heavy atom. The predicted octanol–water partition coefficient (Wildman–Crippen LogP) is 1.42. The van der Waals surface area contributed by atoms with Gasteiger partial charge in [0.25, 0.3) is 0 Å². The molecular weight excluding hydrogens is 537 g/mol. The van der Waals surface area contributed by atoms with Crippen molar-refractivity contribution in [3.63, 3.8) is 0 Å². The lowest BCUT2D eigenvalue weighted by Crippen LogP contribution is -2.44. The van der Waals surface area contributed by atoms with Gasteiger partial charge in [-0.2, -0.15) is 17.9 Å². The van der Waals surface area contributed by atoms with Crippen molar-refractivity contribution in [2.45, 2.75) is 36.9 Å². The molecule has 0 bridgehead atoms. The monoisotopic (exact) mass is 562 g/mol. The van der Waals surface area contributed by atoms with Crippen LogP contribution in [0.4, 0.5) is 13.2 Å². The maximum Gasteiger partial charge on any atom is 0.495 e. The molecule has 0 aliphatic heterocycles. The van der Waals surface area contributed by atoms with Gasteiger partial charge in [0, 0.05) is 6.42 Å². The van der Waals surface area contributed by atoms with Crippen LogP contribution < -0.4 is 20.9 Å². The van der Waals surface area contributed by atoms with Gasteiger partial charge >= 0.3 is 18.1 Å². The Labute approximate surface area is 215 Å². The molecule has 2 aromatic carbocycles. The number of hydrogen-bond donors (Lipinski definition) is 3. The van der Waals surface area contributed by atoms with E-state index in [1.807, 2.05) is 0 Å². The van der Waals surface area contributed by atoms with Crippen molar-refractivity contribution in [2.75, 3.05) is 13.2 Å². The Morgan fingerprint density at radius 2 is 1.74 bits per heavy atom. The minimum Gasteiger partial charge on any atom is -0.493 e. The Balaban J connectivity index is 2.10. The van der Waals surface area contributed by atoms with E-state index in [9.17, 15) is 31.2 Å². The molecule has 0 aromatic heterocycles. The van der Waals surface area contributed by atoms with Crippen LogP contribution in [0.2, 0.25) is 0 Å². The van der Waals surface area contributed by atoms with Crippen molar-refractivity contribution in [1.29, 1.82) is 0 Å². The van der Waals surface area contributed by atoms with E-state index in [2.05, 4.69) is 19.7 Å². The number of oxime groups is 1. The molecule has 16 heteroatoms. The van der Waals surface area contributed by atoms with Crippen molar-refractivity contribution >= 4 is 27.9 Å². The van der Waals surface area contributed by atoms with Gasteiger partial charge in [0.15, 0.2) is 0 Å². The highest BCUT2D eigenvalue weighted by atomic mass is 32.2. The van der Waals surface area contributed by atoms with Crippen LogP contribution in [-0.2, 0) is 40.6 Å². The van der Waals surface area contributed by atoms with E-state index in [0.29, 0.717) is 23.3 Å². The lowest BCUT2D eigenvalue weighted by atomic mass is 10.1. The van der Waals surface area contributed by atoms with Crippen LogP contribution >= 0.6 is 0 Å². The Morgan fingerprint density at radius 1 is 1.05 bits per heavy atom. The lowest BCUT2D eigenvalue weighted by Gasteiger charge is -2.17. The number of carbonyl (C=O) groups is 2. The largest absolute Gasteiger partial charge is 0.495 e. The molecule has 2 aromatic rings. The van der Waals surface area contributed by atoms with Gasteiger partial charge < -0.3 is 21.0 Å². The van der Waals surface area contributed by atoms with Crippen molar-refractivity contribution in [2.24, 2.45) is 16.6 Å². The summed E-state index contributed by atoms with van der Waals surface area (Å²) in [5.74, 6) is -4.14. The summed E-state index contributed by atoms with van der Waals surface area (Å²) in [6.45, 7) is 2.08. The van der Waals surface area contributed by atoms with Crippen molar-refractivity contribution < 1.29 is 50.5 Å². The highest BCUT2D eigenvalue weighted by molar-refractivity contribution is 7.89. The normalized spacial score (nSPS) is 12.2. The van der Waals surface area contributed by atoms with Crippen LogP contribution in [0.15, 0.2) is 58.6 Å². The van der Waals surface area contributed by atoms with E-state index in [-0.39, 0.29) is 30.5 Å². The van der Waals surface area contributed by atoms with Crippen molar-refractivity contribution in [1.82, 2.24) is 4.72 Å². The summed E-state index contributed by atoms with van der Waals surface area (Å²) in [5, 5.41) is 3.35. The molecule has 0 aliphatic rings. The standard InChI is InChI=1S/C22H25F3N4O8S/c1-14-4-2-5-17(12-14)38(32,33)29-18(19(30)36-37-20(31)22(23,24)25)13-15-6-8-16(9-7-15)34-10-3-11-35-28-21(26)27/h2,4-9,12,18,29H,3,10-11,13H2,1H3,(H4,26,27,28)/t18-/m0/s1. The molecule has 0 radical (unpaired) electrons. The van der Waals surface area contributed by atoms with E-state index in [0.717, 1.165) is 0 Å². The molecule has 12 nitrogen and oxygen atoms in total. The first-order valence-corrected chi connectivity index (χ1v) is 12.3. The maximum absolute atomic E-state index is 12.8. The molecule has 1 atom stereocenters. The number of benzene rings is 2. The fourth-order valence-corrected chi connectivity index (χ4v) is 4.08. The molecule has 208 valence electrons. The quantitative estimate of drug-likeness (QED) is 0.112. The Hall–Kier alpha value is -4.05. The zero-order chi connectivity index (χ0) is 28.3. The number of aryl methyl sites for hydroxylation is 1. The van der Waals surface area contributed by atoms with Crippen LogP contribution in [0.1, 0.15) is 17.5 Å². The Bertz CT molecular complexity index is 1230. The van der Waals surface area contributed by atoms with Gasteiger partial charge in [0.05, 0.1) is 11.5 Å². The number of nitrogens with two attached hydrogens (primary N) is 2. The number of nitrogens with zero attached hydrogens (tertiary/aromatic N) is 1. The topological polar surface area (TPSA) is 182 Å². The van der Waals surface area contributed by atoms with Gasteiger partial charge in [-0.3, -0.25) is 0 Å². The summed E-state index contributed by atoms with van der Waals surface area (Å²) >= 11 is 0. The number of rotatable bonds is 12. The van der Waals surface area contributed by atoms with E-state index in [4.69, 9.17) is 21.0 Å². The molecule has 38 heavy (non-hydrogen) atoms. The molecular formula is C22H25F3N4O8S. The van der Waals surface area contributed by atoms with E-state index < -0.39 is 34.2 Å². The van der Waals surface area contributed by atoms with E-state index in [1.165, 1.54) is 42.5 Å². The fourth-order valence-electron chi connectivity index (χ4n) is 2.79. The first-order chi connectivity index (χ1) is 17.8. The van der Waals surface area contributed by atoms with Crippen molar-refractivity contribution in [3.8, 4) is 5.75 Å². The predicted molar refractivity (Wildman–Crippen MR) is 126 cm³/mol. The third kappa shape index (κ3) is 10.1. The zero-order valence-corrected chi connectivity index (χ0v) is 20.8. The summed E-state index contributed by atoms with van der Waals surface area (Å²) in [6, 6.07) is 9.97. The molecule has 0 saturated heterocycles. The maximum atomic E-state index is 12.8. The molecule has 5 N–H and O–H groups in total. The first kappa shape index (κ1) is 30.2. The molecule has 0 saturated carbocycles. The zero-order valence-electron chi connectivity index (χ0n) is 19.9. The van der Waals surface area contributed by atoms with Crippen LogP contribution in [-0.4, -0.2) is 51.7 Å². The molecule has 2 rings (SSSR count). The molecule has 0 unspecified atom stereocenters. The smallest absolute Gasteiger partial charge is 0.493 e. The summed E-state index contributed by atoms with van der Waals surface area (Å²) < 4.78 is 70.4. The van der Waals surface area contributed by atoms with Gasteiger partial charge in [-0.15, -0.1) is 0 Å². The van der Waals surface area contributed by atoms with Crippen molar-refractivity contribution in [3.05, 3.63) is 59.7 Å². The molecule has 0 amide bonds. The summed E-state index contributed by atoms with van der Waals surface area (Å²) in [7, 11) is -4.32. The van der Waals surface area contributed by atoms with Gasteiger partial charge in [-0.1, -0.05) is 24.3 Å². The second-order valence-corrected chi connectivity index (χ2v) is 9.37. The van der Waals surface area contributed by atoms with Crippen LogP contribution in [0.5, 0.6) is 5.75 Å². The number of sulfonamides is 1. The summed E-state index contributed by atoms with van der Waals surface area (Å²) in [6.07, 6.45) is -5.34. The van der Waals surface area contributed by atoms with Gasteiger partial charge in [0.2, 0.25) is 16.0 Å². The number of guanidine groups is 1. The van der Waals surface area contributed by atoms with Gasteiger partial charge in [-0.25, -0.2) is 27.8 Å². The molecule has 0 fully saturated rings. The van der Waals surface area contributed by atoms with E-state index >= 15 is 0 Å². The van der Waals surface area contributed by atoms with Crippen LogP contribution in [0.3, 0.4) is 0 Å². The highest BCUT2D eigenvalue weighted by Gasteiger charge is 2.43. The van der Waals surface area contributed by atoms with Gasteiger partial charge in [0.1, 0.15) is 18.4 Å². The number of alkyl halides is 3. The minimum absolute atomic E-state index is 0.194. The SMILES string of the molecule is Cc1cccc(S(=O)(=O)N[C@@H](Cc2ccc(OCCCON=C(N)N)cc2)C(=O)OOC(=O)C(F)(F)F)c1. The van der Waals surface area contributed by atoms with E-state index in [1.54, 1.807) is 13.0 Å². The molecule has 0 aliphatic carbocycles. The number of nitrogens with one attached hydrogen (secondary N) is 1. The number of ether oxygens (including phenoxy) is 1.